The van der Waals surface area contributed by atoms with E-state index in [0.29, 0.717) is 5.69 Å². The average molecular weight is 266 g/mol. The molecule has 1 N–H and O–H groups in total. The van der Waals surface area contributed by atoms with Gasteiger partial charge in [-0.3, -0.25) is 14.5 Å². The first-order valence-electron chi connectivity index (χ1n) is 5.92. The van der Waals surface area contributed by atoms with Crippen LogP contribution in [-0.4, -0.2) is 31.0 Å². The van der Waals surface area contributed by atoms with Crippen LogP contribution >= 0.6 is 0 Å². The normalized spacial score (nSPS) is 23.3. The maximum Gasteiger partial charge on any atom is 0.250 e. The Morgan fingerprint density at radius 2 is 2.00 bits per heavy atom. The Balaban J connectivity index is 2.43. The Kier molecular flexibility index (Phi) is 3.42. The summed E-state index contributed by atoms with van der Waals surface area (Å²) in [6.45, 7) is 3.23. The highest BCUT2D eigenvalue weighted by molar-refractivity contribution is 6.08. The standard InChI is InChI=1S/C13H15FN2O3/c1-7-13(18)16(8(2)12(17)15-7)9-4-5-10(14)11(6-9)19-3/h4-8H,1-3H3,(H,15,17). The SMILES string of the molecule is COc1cc(N2C(=O)C(C)NC(=O)C2C)ccc1F. The monoisotopic (exact) mass is 266 g/mol. The van der Waals surface area contributed by atoms with Gasteiger partial charge in [-0.15, -0.1) is 0 Å². The third-order valence-corrected chi connectivity index (χ3v) is 3.15. The highest BCUT2D eigenvalue weighted by Gasteiger charge is 2.36. The number of piperazine rings is 1. The highest BCUT2D eigenvalue weighted by atomic mass is 19.1. The second kappa shape index (κ2) is 4.87. The third kappa shape index (κ3) is 2.25. The molecule has 1 aromatic carbocycles. The van der Waals surface area contributed by atoms with E-state index in [1.165, 1.54) is 30.2 Å². The number of nitrogens with one attached hydrogen (secondary N) is 1. The van der Waals surface area contributed by atoms with Crippen LogP contribution in [0.2, 0.25) is 0 Å². The summed E-state index contributed by atoms with van der Waals surface area (Å²) >= 11 is 0. The van der Waals surface area contributed by atoms with E-state index in [1.807, 2.05) is 0 Å². The Labute approximate surface area is 110 Å². The fourth-order valence-electron chi connectivity index (χ4n) is 2.06. The van der Waals surface area contributed by atoms with Crippen molar-refractivity contribution in [3.05, 3.63) is 24.0 Å². The van der Waals surface area contributed by atoms with Crippen molar-refractivity contribution in [2.24, 2.45) is 0 Å². The predicted octanol–water partition coefficient (Wildman–Crippen LogP) is 1.07. The lowest BCUT2D eigenvalue weighted by Crippen LogP contribution is -2.61. The molecule has 2 unspecified atom stereocenters. The van der Waals surface area contributed by atoms with Crippen molar-refractivity contribution in [2.75, 3.05) is 12.0 Å². The van der Waals surface area contributed by atoms with E-state index < -0.39 is 17.9 Å². The number of amides is 2. The predicted molar refractivity (Wildman–Crippen MR) is 67.5 cm³/mol. The number of hydrogen-bond donors (Lipinski definition) is 1. The minimum absolute atomic E-state index is 0.0381. The lowest BCUT2D eigenvalue weighted by atomic mass is 10.1. The van der Waals surface area contributed by atoms with Gasteiger partial charge in [0.2, 0.25) is 11.8 Å². The summed E-state index contributed by atoms with van der Waals surface area (Å²) in [5.74, 6) is -0.951. The van der Waals surface area contributed by atoms with Gasteiger partial charge in [-0.1, -0.05) is 0 Å². The van der Waals surface area contributed by atoms with E-state index in [2.05, 4.69) is 5.32 Å². The van der Waals surface area contributed by atoms with Crippen molar-refractivity contribution in [1.82, 2.24) is 5.32 Å². The van der Waals surface area contributed by atoms with E-state index in [0.717, 1.165) is 0 Å². The summed E-state index contributed by atoms with van der Waals surface area (Å²) in [4.78, 5) is 25.2. The third-order valence-electron chi connectivity index (χ3n) is 3.15. The zero-order valence-corrected chi connectivity index (χ0v) is 10.9. The number of anilines is 1. The largest absolute Gasteiger partial charge is 0.494 e. The molecule has 102 valence electrons. The van der Waals surface area contributed by atoms with Crippen LogP contribution in [0.1, 0.15) is 13.8 Å². The first-order valence-corrected chi connectivity index (χ1v) is 5.92. The molecule has 2 rings (SSSR count). The zero-order chi connectivity index (χ0) is 14.2. The first-order chi connectivity index (χ1) is 8.95. The number of benzene rings is 1. The number of methoxy groups -OCH3 is 1. The minimum Gasteiger partial charge on any atom is -0.494 e. The van der Waals surface area contributed by atoms with Gasteiger partial charge in [0.15, 0.2) is 11.6 Å². The number of hydrogen-bond acceptors (Lipinski definition) is 3. The topological polar surface area (TPSA) is 58.6 Å². The molecular formula is C13H15FN2O3. The van der Waals surface area contributed by atoms with E-state index in [-0.39, 0.29) is 17.6 Å². The maximum absolute atomic E-state index is 13.4. The van der Waals surface area contributed by atoms with Crippen molar-refractivity contribution >= 4 is 17.5 Å². The number of carbonyl (C=O) groups excluding carboxylic acids is 2. The Hall–Kier alpha value is -2.11. The molecule has 19 heavy (non-hydrogen) atoms. The summed E-state index contributed by atoms with van der Waals surface area (Å²) < 4.78 is 18.3. The maximum atomic E-state index is 13.4. The number of rotatable bonds is 2. The first kappa shape index (κ1) is 13.3. The molecule has 1 aliphatic rings. The van der Waals surface area contributed by atoms with Crippen molar-refractivity contribution in [2.45, 2.75) is 25.9 Å². The fraction of sp³-hybridized carbons (Fsp3) is 0.385. The molecule has 6 heteroatoms. The molecule has 0 spiro atoms. The van der Waals surface area contributed by atoms with Crippen molar-refractivity contribution in [3.8, 4) is 5.75 Å². The highest BCUT2D eigenvalue weighted by Crippen LogP contribution is 2.27. The molecule has 5 nitrogen and oxygen atoms in total. The molecule has 1 saturated heterocycles. The van der Waals surface area contributed by atoms with Crippen molar-refractivity contribution < 1.29 is 18.7 Å². The van der Waals surface area contributed by atoms with Gasteiger partial charge in [0.25, 0.3) is 0 Å². The van der Waals surface area contributed by atoms with Gasteiger partial charge in [-0.25, -0.2) is 4.39 Å². The summed E-state index contributed by atoms with van der Waals surface area (Å²) in [5.41, 5.74) is 0.442. The molecular weight excluding hydrogens is 251 g/mol. The van der Waals surface area contributed by atoms with E-state index in [9.17, 15) is 14.0 Å². The van der Waals surface area contributed by atoms with Crippen LogP contribution < -0.4 is 15.0 Å². The van der Waals surface area contributed by atoms with Crippen LogP contribution in [0, 0.1) is 5.82 Å². The molecule has 2 amide bonds. The molecule has 0 radical (unpaired) electrons. The van der Waals surface area contributed by atoms with Gasteiger partial charge in [-0.2, -0.15) is 0 Å². The van der Waals surface area contributed by atoms with Gasteiger partial charge in [0, 0.05) is 11.8 Å². The van der Waals surface area contributed by atoms with Crippen LogP contribution in [0.5, 0.6) is 5.75 Å². The molecule has 1 aromatic rings. The van der Waals surface area contributed by atoms with Crippen molar-refractivity contribution in [3.63, 3.8) is 0 Å². The summed E-state index contributed by atoms with van der Waals surface area (Å²) in [6.07, 6.45) is 0. The molecule has 1 aliphatic heterocycles. The lowest BCUT2D eigenvalue weighted by molar-refractivity contribution is -0.133. The molecule has 0 bridgehead atoms. The minimum atomic E-state index is -0.640. The van der Waals surface area contributed by atoms with E-state index in [1.54, 1.807) is 13.8 Å². The van der Waals surface area contributed by atoms with Crippen LogP contribution in [0.4, 0.5) is 10.1 Å². The molecule has 1 fully saturated rings. The smallest absolute Gasteiger partial charge is 0.250 e. The van der Waals surface area contributed by atoms with E-state index in [4.69, 9.17) is 4.74 Å². The van der Waals surface area contributed by atoms with Crippen LogP contribution in [0.15, 0.2) is 18.2 Å². The molecule has 1 heterocycles. The van der Waals surface area contributed by atoms with Crippen LogP contribution in [0.25, 0.3) is 0 Å². The summed E-state index contributed by atoms with van der Waals surface area (Å²) in [6, 6.07) is 2.84. The molecule has 2 atom stereocenters. The van der Waals surface area contributed by atoms with Gasteiger partial charge in [0.05, 0.1) is 7.11 Å². The van der Waals surface area contributed by atoms with Crippen LogP contribution in [-0.2, 0) is 9.59 Å². The average Bonchev–Trinajstić information content (AvgIpc) is 2.38. The summed E-state index contributed by atoms with van der Waals surface area (Å²) in [7, 11) is 1.35. The van der Waals surface area contributed by atoms with Crippen molar-refractivity contribution in [1.29, 1.82) is 0 Å². The summed E-state index contributed by atoms with van der Waals surface area (Å²) in [5, 5.41) is 2.58. The lowest BCUT2D eigenvalue weighted by Gasteiger charge is -2.36. The number of nitrogens with zero attached hydrogens (tertiary/aromatic N) is 1. The van der Waals surface area contributed by atoms with E-state index >= 15 is 0 Å². The van der Waals surface area contributed by atoms with Gasteiger partial charge < -0.3 is 10.1 Å². The van der Waals surface area contributed by atoms with Gasteiger partial charge in [0.1, 0.15) is 12.1 Å². The Morgan fingerprint density at radius 1 is 1.32 bits per heavy atom. The van der Waals surface area contributed by atoms with Gasteiger partial charge >= 0.3 is 0 Å². The number of carbonyl (C=O) groups is 2. The molecule has 0 aromatic heterocycles. The second-order valence-electron chi connectivity index (χ2n) is 4.43. The number of ether oxygens (including phenoxy) is 1. The van der Waals surface area contributed by atoms with Crippen LogP contribution in [0.3, 0.4) is 0 Å². The Morgan fingerprint density at radius 3 is 2.63 bits per heavy atom. The van der Waals surface area contributed by atoms with Gasteiger partial charge in [-0.05, 0) is 26.0 Å². The number of halogens is 1. The quantitative estimate of drug-likeness (QED) is 0.871. The fourth-order valence-corrected chi connectivity index (χ4v) is 2.06. The zero-order valence-electron chi connectivity index (χ0n) is 10.9. The molecule has 0 aliphatic carbocycles. The Bertz CT molecular complexity index is 533. The second-order valence-corrected chi connectivity index (χ2v) is 4.43. The molecule has 0 saturated carbocycles.